The number of rotatable bonds is 6. The van der Waals surface area contributed by atoms with Crippen LogP contribution in [0.5, 0.6) is 0 Å². The molecule has 2 aromatic carbocycles. The summed E-state index contributed by atoms with van der Waals surface area (Å²) < 4.78 is 4.67. The average molecular weight is 367 g/mol. The summed E-state index contributed by atoms with van der Waals surface area (Å²) in [5, 5.41) is 4.76. The van der Waals surface area contributed by atoms with Crippen LogP contribution in [-0.4, -0.2) is 26.3 Å². The lowest BCUT2D eigenvalue weighted by Gasteiger charge is -2.18. The van der Waals surface area contributed by atoms with Crippen LogP contribution in [0.15, 0.2) is 48.5 Å². The van der Waals surface area contributed by atoms with Crippen LogP contribution in [-0.2, 0) is 26.7 Å². The van der Waals surface area contributed by atoms with Gasteiger partial charge < -0.3 is 4.57 Å². The lowest BCUT2D eigenvalue weighted by molar-refractivity contribution is 0.243. The molecular formula is C21H26N4S. The quantitative estimate of drug-likeness (QED) is 0.610. The maximum absolute atomic E-state index is 5.59. The van der Waals surface area contributed by atoms with Gasteiger partial charge in [0.25, 0.3) is 0 Å². The molecule has 0 saturated carbocycles. The van der Waals surface area contributed by atoms with Gasteiger partial charge in [0.15, 0.2) is 4.77 Å². The Morgan fingerprint density at radius 3 is 2.50 bits per heavy atom. The largest absolute Gasteiger partial charge is 0.307 e. The Hall–Kier alpha value is -2.24. The van der Waals surface area contributed by atoms with E-state index >= 15 is 0 Å². The Balaban J connectivity index is 1.73. The smallest absolute Gasteiger partial charge is 0.198 e. The van der Waals surface area contributed by atoms with Crippen molar-refractivity contribution in [1.29, 1.82) is 0 Å². The second-order valence-corrected chi connectivity index (χ2v) is 7.37. The molecule has 0 N–H and O–H groups in total. The molecule has 0 aliphatic carbocycles. The van der Waals surface area contributed by atoms with Crippen molar-refractivity contribution in [3.63, 3.8) is 0 Å². The highest BCUT2D eigenvalue weighted by atomic mass is 32.1. The Morgan fingerprint density at radius 1 is 1.08 bits per heavy atom. The van der Waals surface area contributed by atoms with Crippen molar-refractivity contribution in [2.75, 3.05) is 7.05 Å². The van der Waals surface area contributed by atoms with Crippen molar-refractivity contribution >= 4 is 12.2 Å². The van der Waals surface area contributed by atoms with Gasteiger partial charge in [-0.15, -0.1) is 0 Å². The predicted octanol–water partition coefficient (Wildman–Crippen LogP) is 4.25. The van der Waals surface area contributed by atoms with Gasteiger partial charge >= 0.3 is 0 Å². The molecule has 0 bridgehead atoms. The zero-order valence-electron chi connectivity index (χ0n) is 15.9. The molecule has 0 spiro atoms. The third-order valence-electron chi connectivity index (χ3n) is 4.65. The average Bonchev–Trinajstić information content (AvgIpc) is 2.86. The molecule has 0 fully saturated rings. The normalized spacial score (nSPS) is 11.3. The first-order valence-electron chi connectivity index (χ1n) is 8.85. The molecule has 0 aliphatic rings. The third kappa shape index (κ3) is 4.29. The number of aromatic nitrogens is 3. The van der Waals surface area contributed by atoms with Crippen LogP contribution < -0.4 is 0 Å². The van der Waals surface area contributed by atoms with Crippen LogP contribution >= 0.6 is 12.2 Å². The highest BCUT2D eigenvalue weighted by Gasteiger charge is 2.11. The summed E-state index contributed by atoms with van der Waals surface area (Å²) in [6.45, 7) is 5.84. The first-order chi connectivity index (χ1) is 12.4. The van der Waals surface area contributed by atoms with E-state index in [-0.39, 0.29) is 0 Å². The van der Waals surface area contributed by atoms with Crippen molar-refractivity contribution in [3.8, 4) is 0 Å². The fourth-order valence-electron chi connectivity index (χ4n) is 3.15. The summed E-state index contributed by atoms with van der Waals surface area (Å²) >= 11 is 5.59. The fraction of sp³-hybridized carbons (Fsp3) is 0.333. The third-order valence-corrected chi connectivity index (χ3v) is 5.13. The number of hydrogen-bond acceptors (Lipinski definition) is 3. The van der Waals surface area contributed by atoms with Crippen LogP contribution in [0.1, 0.15) is 28.1 Å². The van der Waals surface area contributed by atoms with Gasteiger partial charge in [-0.1, -0.05) is 54.1 Å². The Labute approximate surface area is 160 Å². The minimum Gasteiger partial charge on any atom is -0.307 e. The van der Waals surface area contributed by atoms with Gasteiger partial charge in [-0.05, 0) is 49.8 Å². The molecule has 26 heavy (non-hydrogen) atoms. The molecule has 0 atom stereocenters. The van der Waals surface area contributed by atoms with Crippen LogP contribution in [0.4, 0.5) is 0 Å². The number of benzene rings is 2. The zero-order chi connectivity index (χ0) is 18.7. The van der Waals surface area contributed by atoms with E-state index in [4.69, 9.17) is 17.3 Å². The molecule has 0 saturated heterocycles. The Morgan fingerprint density at radius 2 is 1.81 bits per heavy atom. The minimum atomic E-state index is 0.675. The van der Waals surface area contributed by atoms with E-state index in [1.54, 1.807) is 0 Å². The van der Waals surface area contributed by atoms with E-state index in [9.17, 15) is 0 Å². The van der Waals surface area contributed by atoms with Gasteiger partial charge in [0.2, 0.25) is 0 Å². The van der Waals surface area contributed by atoms with E-state index in [0.29, 0.717) is 6.67 Å². The molecule has 5 heteroatoms. The summed E-state index contributed by atoms with van der Waals surface area (Å²) in [5.74, 6) is 0.987. The molecule has 0 amide bonds. The standard InChI is InChI=1S/C21H26N4S/c1-16-10-11-19(17(2)12-16)14-23(3)15-25-21(26)24(4)20(22-25)13-18-8-6-5-7-9-18/h5-12H,13-15H2,1-4H3. The van der Waals surface area contributed by atoms with Gasteiger partial charge in [0.1, 0.15) is 5.82 Å². The first-order valence-corrected chi connectivity index (χ1v) is 9.26. The summed E-state index contributed by atoms with van der Waals surface area (Å²) in [4.78, 5) is 2.24. The maximum Gasteiger partial charge on any atom is 0.198 e. The summed E-state index contributed by atoms with van der Waals surface area (Å²) in [6, 6.07) is 17.0. The number of hydrogen-bond donors (Lipinski definition) is 0. The number of nitrogens with zero attached hydrogens (tertiary/aromatic N) is 4. The van der Waals surface area contributed by atoms with Crippen LogP contribution in [0.3, 0.4) is 0 Å². The van der Waals surface area contributed by atoms with Crippen molar-refractivity contribution in [2.24, 2.45) is 7.05 Å². The highest BCUT2D eigenvalue weighted by Crippen LogP contribution is 2.13. The topological polar surface area (TPSA) is 26.0 Å². The molecule has 1 aromatic heterocycles. The molecule has 0 radical (unpaired) electrons. The molecule has 1 heterocycles. The zero-order valence-corrected chi connectivity index (χ0v) is 16.8. The monoisotopic (exact) mass is 366 g/mol. The molecule has 4 nitrogen and oxygen atoms in total. The predicted molar refractivity (Wildman–Crippen MR) is 109 cm³/mol. The van der Waals surface area contributed by atoms with E-state index in [1.165, 1.54) is 22.3 Å². The maximum atomic E-state index is 5.59. The van der Waals surface area contributed by atoms with Gasteiger partial charge in [-0.25, -0.2) is 4.68 Å². The van der Waals surface area contributed by atoms with Crippen molar-refractivity contribution in [2.45, 2.75) is 33.5 Å². The molecule has 3 aromatic rings. The molecule has 136 valence electrons. The molecule has 0 unspecified atom stereocenters. The SMILES string of the molecule is Cc1ccc(CN(C)Cn2nc(Cc3ccccc3)n(C)c2=S)c(C)c1. The Kier molecular flexibility index (Phi) is 5.69. The van der Waals surface area contributed by atoms with Gasteiger partial charge in [0, 0.05) is 20.0 Å². The van der Waals surface area contributed by atoms with Crippen molar-refractivity contribution < 1.29 is 0 Å². The van der Waals surface area contributed by atoms with E-state index in [0.717, 1.165) is 23.6 Å². The number of aryl methyl sites for hydroxylation is 2. The van der Waals surface area contributed by atoms with Crippen LogP contribution in [0, 0.1) is 18.6 Å². The van der Waals surface area contributed by atoms with Crippen molar-refractivity contribution in [3.05, 3.63) is 81.4 Å². The second kappa shape index (κ2) is 7.98. The van der Waals surface area contributed by atoms with Crippen molar-refractivity contribution in [1.82, 2.24) is 19.2 Å². The molecule has 0 aliphatic heterocycles. The summed E-state index contributed by atoms with van der Waals surface area (Å²) in [5.41, 5.74) is 5.20. The fourth-order valence-corrected chi connectivity index (χ4v) is 3.35. The van der Waals surface area contributed by atoms with Gasteiger partial charge in [-0.3, -0.25) is 4.90 Å². The van der Waals surface area contributed by atoms with Gasteiger partial charge in [-0.2, -0.15) is 5.10 Å². The Bertz CT molecular complexity index is 940. The van der Waals surface area contributed by atoms with Gasteiger partial charge in [0.05, 0.1) is 6.67 Å². The molecule has 3 rings (SSSR count). The minimum absolute atomic E-state index is 0.675. The second-order valence-electron chi connectivity index (χ2n) is 7.01. The summed E-state index contributed by atoms with van der Waals surface area (Å²) in [6.07, 6.45) is 0.786. The van der Waals surface area contributed by atoms with Crippen LogP contribution in [0.25, 0.3) is 0 Å². The van der Waals surface area contributed by atoms with E-state index < -0.39 is 0 Å². The highest BCUT2D eigenvalue weighted by molar-refractivity contribution is 7.71. The van der Waals surface area contributed by atoms with Crippen LogP contribution in [0.2, 0.25) is 0 Å². The van der Waals surface area contributed by atoms with E-state index in [2.05, 4.69) is 68.3 Å². The molecular weight excluding hydrogens is 340 g/mol. The summed E-state index contributed by atoms with van der Waals surface area (Å²) in [7, 11) is 4.10. The van der Waals surface area contributed by atoms with E-state index in [1.807, 2.05) is 22.4 Å². The lowest BCUT2D eigenvalue weighted by Crippen LogP contribution is -2.23. The first kappa shape index (κ1) is 18.5. The lowest BCUT2D eigenvalue weighted by atomic mass is 10.1.